The van der Waals surface area contributed by atoms with E-state index in [9.17, 15) is 4.79 Å². The zero-order valence-electron chi connectivity index (χ0n) is 13.4. The third-order valence-corrected chi connectivity index (χ3v) is 3.94. The number of amides is 1. The fourth-order valence-electron chi connectivity index (χ4n) is 2.19. The van der Waals surface area contributed by atoms with E-state index in [0.29, 0.717) is 11.4 Å². The minimum absolute atomic E-state index is 0.216. The predicted octanol–water partition coefficient (Wildman–Crippen LogP) is 5.89. The number of rotatable bonds is 5. The molecule has 0 saturated carbocycles. The number of carbonyl (C=O) groups is 1. The van der Waals surface area contributed by atoms with Crippen molar-refractivity contribution in [3.05, 3.63) is 95.0 Å². The maximum absolute atomic E-state index is 12.2. The molecule has 0 aliphatic carbocycles. The van der Waals surface area contributed by atoms with E-state index in [4.69, 9.17) is 4.74 Å². The Labute approximate surface area is 155 Å². The number of nitrogens with one attached hydrogen (secondary N) is 1. The normalized spacial score (nSPS) is 10.6. The Bertz CT molecular complexity index is 874. The van der Waals surface area contributed by atoms with Crippen molar-refractivity contribution in [2.24, 2.45) is 0 Å². The molecule has 0 unspecified atom stereocenters. The number of hydrogen-bond acceptors (Lipinski definition) is 2. The van der Waals surface area contributed by atoms with Gasteiger partial charge in [0.2, 0.25) is 5.91 Å². The summed E-state index contributed by atoms with van der Waals surface area (Å²) in [5.74, 6) is 1.10. The van der Waals surface area contributed by atoms with Crippen molar-refractivity contribution in [2.45, 2.75) is 0 Å². The van der Waals surface area contributed by atoms with Crippen molar-refractivity contribution >= 4 is 33.6 Å². The topological polar surface area (TPSA) is 38.3 Å². The van der Waals surface area contributed by atoms with Crippen LogP contribution in [0.3, 0.4) is 0 Å². The van der Waals surface area contributed by atoms with Crippen LogP contribution in [0.5, 0.6) is 11.5 Å². The van der Waals surface area contributed by atoms with E-state index in [1.54, 1.807) is 6.08 Å². The van der Waals surface area contributed by atoms with Crippen LogP contribution < -0.4 is 10.1 Å². The summed E-state index contributed by atoms with van der Waals surface area (Å²) in [5, 5.41) is 2.85. The average Bonchev–Trinajstić information content (AvgIpc) is 2.64. The molecular weight excluding hydrogens is 378 g/mol. The Balaban J connectivity index is 1.70. The van der Waals surface area contributed by atoms with Crippen LogP contribution in [0, 0.1) is 0 Å². The largest absolute Gasteiger partial charge is 0.455 e. The zero-order valence-corrected chi connectivity index (χ0v) is 14.9. The Morgan fingerprint density at radius 3 is 2.32 bits per heavy atom. The molecule has 0 aliphatic heterocycles. The average molecular weight is 394 g/mol. The van der Waals surface area contributed by atoms with Crippen molar-refractivity contribution < 1.29 is 9.53 Å². The van der Waals surface area contributed by atoms with Crippen molar-refractivity contribution in [1.29, 1.82) is 0 Å². The third kappa shape index (κ3) is 5.06. The van der Waals surface area contributed by atoms with E-state index >= 15 is 0 Å². The molecule has 3 rings (SSSR count). The highest BCUT2D eigenvalue weighted by molar-refractivity contribution is 9.10. The molecule has 0 fully saturated rings. The molecule has 4 heteroatoms. The van der Waals surface area contributed by atoms with E-state index in [0.717, 1.165) is 15.8 Å². The number of anilines is 1. The molecular formula is C21H16BrNO2. The molecule has 0 atom stereocenters. The fourth-order valence-corrected chi connectivity index (χ4v) is 2.46. The van der Waals surface area contributed by atoms with Crippen LogP contribution in [0.4, 0.5) is 5.69 Å². The van der Waals surface area contributed by atoms with Gasteiger partial charge < -0.3 is 10.1 Å². The number of ether oxygens (including phenoxy) is 1. The highest BCUT2D eigenvalue weighted by Crippen LogP contribution is 2.29. The monoisotopic (exact) mass is 393 g/mol. The Morgan fingerprint density at radius 2 is 1.56 bits per heavy atom. The zero-order chi connectivity index (χ0) is 17.5. The van der Waals surface area contributed by atoms with Gasteiger partial charge in [0.25, 0.3) is 0 Å². The molecule has 124 valence electrons. The lowest BCUT2D eigenvalue weighted by Gasteiger charge is -2.11. The van der Waals surface area contributed by atoms with Crippen LogP contribution in [0.15, 0.2) is 89.4 Å². The summed E-state index contributed by atoms with van der Waals surface area (Å²) in [6.07, 6.45) is 3.27. The Kier molecular flexibility index (Phi) is 5.65. The summed E-state index contributed by atoms with van der Waals surface area (Å²) in [5.41, 5.74) is 1.57. The second-order valence-corrected chi connectivity index (χ2v) is 6.20. The van der Waals surface area contributed by atoms with E-state index in [1.165, 1.54) is 6.08 Å². The maximum Gasteiger partial charge on any atom is 0.248 e. The second-order valence-electron chi connectivity index (χ2n) is 5.29. The van der Waals surface area contributed by atoms with E-state index in [2.05, 4.69) is 21.2 Å². The molecule has 0 aliphatic rings. The number of para-hydroxylation sites is 3. The van der Waals surface area contributed by atoms with Gasteiger partial charge in [0, 0.05) is 10.5 Å². The van der Waals surface area contributed by atoms with E-state index in [1.807, 2.05) is 78.9 Å². The summed E-state index contributed by atoms with van der Waals surface area (Å²) >= 11 is 3.39. The number of carbonyl (C=O) groups excluding carboxylic acids is 1. The predicted molar refractivity (Wildman–Crippen MR) is 105 cm³/mol. The van der Waals surface area contributed by atoms with Gasteiger partial charge in [-0.05, 0) is 48.0 Å². The van der Waals surface area contributed by atoms with Gasteiger partial charge >= 0.3 is 0 Å². The molecule has 1 amide bonds. The van der Waals surface area contributed by atoms with Gasteiger partial charge in [-0.3, -0.25) is 4.79 Å². The van der Waals surface area contributed by atoms with Crippen molar-refractivity contribution in [3.8, 4) is 11.5 Å². The molecule has 0 heterocycles. The minimum Gasteiger partial charge on any atom is -0.455 e. The second kappa shape index (κ2) is 8.31. The molecule has 25 heavy (non-hydrogen) atoms. The van der Waals surface area contributed by atoms with E-state index < -0.39 is 0 Å². The molecule has 1 N–H and O–H groups in total. The molecule has 3 aromatic rings. The third-order valence-electron chi connectivity index (χ3n) is 3.41. The first-order valence-corrected chi connectivity index (χ1v) is 8.56. The summed E-state index contributed by atoms with van der Waals surface area (Å²) in [7, 11) is 0. The molecule has 3 nitrogen and oxygen atoms in total. The van der Waals surface area contributed by atoms with Crippen molar-refractivity contribution in [1.82, 2.24) is 0 Å². The van der Waals surface area contributed by atoms with Gasteiger partial charge in [-0.1, -0.05) is 58.4 Å². The quantitative estimate of drug-likeness (QED) is 0.548. The number of halogens is 1. The molecule has 0 aromatic heterocycles. The number of hydrogen-bond donors (Lipinski definition) is 1. The first-order valence-electron chi connectivity index (χ1n) is 7.77. The summed E-state index contributed by atoms with van der Waals surface area (Å²) in [6, 6.07) is 24.5. The number of benzene rings is 3. The molecule has 0 saturated heterocycles. The molecule has 0 radical (unpaired) electrons. The lowest BCUT2D eigenvalue weighted by atomic mass is 10.2. The van der Waals surface area contributed by atoms with Crippen LogP contribution in [-0.4, -0.2) is 5.91 Å². The minimum atomic E-state index is -0.216. The SMILES string of the molecule is O=C(C=Cc1ccc(Br)cc1)Nc1ccccc1Oc1ccccc1. The first kappa shape index (κ1) is 17.0. The Morgan fingerprint density at radius 1 is 0.880 bits per heavy atom. The van der Waals surface area contributed by atoms with Gasteiger partial charge in [0.05, 0.1) is 5.69 Å². The summed E-state index contributed by atoms with van der Waals surface area (Å²) < 4.78 is 6.84. The smallest absolute Gasteiger partial charge is 0.248 e. The van der Waals surface area contributed by atoms with Gasteiger partial charge in [-0.2, -0.15) is 0 Å². The lowest BCUT2D eigenvalue weighted by Crippen LogP contribution is -2.08. The summed E-state index contributed by atoms with van der Waals surface area (Å²) in [4.78, 5) is 12.2. The molecule has 0 spiro atoms. The highest BCUT2D eigenvalue weighted by Gasteiger charge is 2.06. The van der Waals surface area contributed by atoms with E-state index in [-0.39, 0.29) is 5.91 Å². The highest BCUT2D eigenvalue weighted by atomic mass is 79.9. The van der Waals surface area contributed by atoms with Crippen LogP contribution in [0.1, 0.15) is 5.56 Å². The van der Waals surface area contributed by atoms with Crippen LogP contribution >= 0.6 is 15.9 Å². The van der Waals surface area contributed by atoms with Crippen molar-refractivity contribution in [3.63, 3.8) is 0 Å². The van der Waals surface area contributed by atoms with Gasteiger partial charge in [0.1, 0.15) is 5.75 Å². The fraction of sp³-hybridized carbons (Fsp3) is 0. The first-order chi connectivity index (χ1) is 12.2. The summed E-state index contributed by atoms with van der Waals surface area (Å²) in [6.45, 7) is 0. The standard InChI is InChI=1S/C21H16BrNO2/c22-17-13-10-16(11-14-17)12-15-21(24)23-19-8-4-5-9-20(19)25-18-6-2-1-3-7-18/h1-15H,(H,23,24). The maximum atomic E-state index is 12.2. The molecule has 3 aromatic carbocycles. The van der Waals surface area contributed by atoms with Gasteiger partial charge in [-0.15, -0.1) is 0 Å². The lowest BCUT2D eigenvalue weighted by molar-refractivity contribution is -0.111. The van der Waals surface area contributed by atoms with Crippen LogP contribution in [-0.2, 0) is 4.79 Å². The van der Waals surface area contributed by atoms with Gasteiger partial charge in [0.15, 0.2) is 5.75 Å². The van der Waals surface area contributed by atoms with Crippen LogP contribution in [0.25, 0.3) is 6.08 Å². The molecule has 0 bridgehead atoms. The Hall–Kier alpha value is -2.85. The van der Waals surface area contributed by atoms with Gasteiger partial charge in [-0.25, -0.2) is 0 Å². The van der Waals surface area contributed by atoms with Crippen molar-refractivity contribution in [2.75, 3.05) is 5.32 Å². The van der Waals surface area contributed by atoms with Crippen LogP contribution in [0.2, 0.25) is 0 Å².